The van der Waals surface area contributed by atoms with Gasteiger partial charge in [-0.3, -0.25) is 4.98 Å². The van der Waals surface area contributed by atoms with Gasteiger partial charge in [0.25, 0.3) is 0 Å². The minimum absolute atomic E-state index is 0.778. The quantitative estimate of drug-likeness (QED) is 0.825. The molecule has 2 aromatic heterocycles. The van der Waals surface area contributed by atoms with E-state index in [0.717, 1.165) is 37.6 Å². The highest BCUT2D eigenvalue weighted by Crippen LogP contribution is 2.00. The molecule has 0 aliphatic heterocycles. The first-order valence-corrected chi connectivity index (χ1v) is 6.00. The largest absolute Gasteiger partial charge is 0.334 e. The van der Waals surface area contributed by atoms with Gasteiger partial charge in [0.2, 0.25) is 0 Å². The third-order valence-electron chi connectivity index (χ3n) is 2.58. The van der Waals surface area contributed by atoms with E-state index in [0.29, 0.717) is 0 Å². The van der Waals surface area contributed by atoms with Crippen LogP contribution in [0.15, 0.2) is 36.8 Å². The minimum atomic E-state index is 0.778. The van der Waals surface area contributed by atoms with Gasteiger partial charge in [0.1, 0.15) is 5.82 Å². The summed E-state index contributed by atoms with van der Waals surface area (Å²) in [6.45, 7) is 4.76. The number of rotatable bonds is 6. The second-order valence-electron chi connectivity index (χ2n) is 3.96. The molecular weight excluding hydrogens is 212 g/mol. The van der Waals surface area contributed by atoms with Crippen LogP contribution in [0.25, 0.3) is 0 Å². The molecule has 0 atom stereocenters. The van der Waals surface area contributed by atoms with E-state index in [1.54, 1.807) is 0 Å². The van der Waals surface area contributed by atoms with Gasteiger partial charge >= 0.3 is 0 Å². The summed E-state index contributed by atoms with van der Waals surface area (Å²) in [5, 5.41) is 3.36. The highest BCUT2D eigenvalue weighted by Gasteiger charge is 2.01. The van der Waals surface area contributed by atoms with Crippen LogP contribution < -0.4 is 5.32 Å². The van der Waals surface area contributed by atoms with Gasteiger partial charge in [-0.15, -0.1) is 0 Å². The average molecular weight is 230 g/mol. The van der Waals surface area contributed by atoms with Crippen LogP contribution in [0.2, 0.25) is 0 Å². The van der Waals surface area contributed by atoms with Crippen LogP contribution in [0, 0.1) is 0 Å². The van der Waals surface area contributed by atoms with E-state index in [1.165, 1.54) is 0 Å². The third kappa shape index (κ3) is 3.39. The van der Waals surface area contributed by atoms with Crippen molar-refractivity contribution >= 4 is 0 Å². The van der Waals surface area contributed by atoms with Crippen LogP contribution >= 0.6 is 0 Å². The normalized spacial score (nSPS) is 10.6. The van der Waals surface area contributed by atoms with Crippen molar-refractivity contribution in [3.05, 3.63) is 48.3 Å². The molecular formula is C13H18N4. The fourth-order valence-corrected chi connectivity index (χ4v) is 1.76. The first-order chi connectivity index (χ1) is 8.40. The average Bonchev–Trinajstić information content (AvgIpc) is 2.79. The van der Waals surface area contributed by atoms with Crippen molar-refractivity contribution < 1.29 is 0 Å². The molecule has 0 bridgehead atoms. The van der Waals surface area contributed by atoms with Gasteiger partial charge in [-0.05, 0) is 18.6 Å². The molecule has 0 amide bonds. The minimum Gasteiger partial charge on any atom is -0.334 e. The molecule has 1 N–H and O–H groups in total. The van der Waals surface area contributed by atoms with E-state index in [4.69, 9.17) is 0 Å². The van der Waals surface area contributed by atoms with Crippen LogP contribution in [0.4, 0.5) is 0 Å². The Labute approximate surface area is 102 Å². The molecule has 2 heterocycles. The number of nitrogens with one attached hydrogen (secondary N) is 1. The van der Waals surface area contributed by atoms with Crippen LogP contribution in [-0.2, 0) is 19.6 Å². The first kappa shape index (κ1) is 11.8. The summed E-state index contributed by atoms with van der Waals surface area (Å²) in [6.07, 6.45) is 6.83. The summed E-state index contributed by atoms with van der Waals surface area (Å²) in [5.74, 6) is 1.09. The number of hydrogen-bond donors (Lipinski definition) is 1. The maximum absolute atomic E-state index is 4.35. The molecule has 0 spiro atoms. The molecule has 0 saturated heterocycles. The van der Waals surface area contributed by atoms with Gasteiger partial charge in [0.05, 0.1) is 12.2 Å². The molecule has 90 valence electrons. The number of aromatic nitrogens is 3. The Hall–Kier alpha value is -1.68. The zero-order valence-corrected chi connectivity index (χ0v) is 10.1. The van der Waals surface area contributed by atoms with Crippen LogP contribution in [0.3, 0.4) is 0 Å². The summed E-state index contributed by atoms with van der Waals surface area (Å²) in [5.41, 5.74) is 1.06. The standard InChI is InChI=1S/C13H18N4/c1-2-8-17-9-7-16-13(17)11-14-10-12-5-3-4-6-15-12/h3-7,9,14H,2,8,10-11H2,1H3. The van der Waals surface area contributed by atoms with Crippen LogP contribution in [0.1, 0.15) is 24.9 Å². The van der Waals surface area contributed by atoms with E-state index in [9.17, 15) is 0 Å². The van der Waals surface area contributed by atoms with Gasteiger partial charge < -0.3 is 9.88 Å². The molecule has 0 unspecified atom stereocenters. The molecule has 17 heavy (non-hydrogen) atoms. The van der Waals surface area contributed by atoms with E-state index >= 15 is 0 Å². The topological polar surface area (TPSA) is 42.7 Å². The van der Waals surface area contributed by atoms with Crippen molar-refractivity contribution in [1.82, 2.24) is 19.9 Å². The lowest BCUT2D eigenvalue weighted by Crippen LogP contribution is -2.17. The van der Waals surface area contributed by atoms with Crippen molar-refractivity contribution in [2.45, 2.75) is 33.0 Å². The van der Waals surface area contributed by atoms with Crippen molar-refractivity contribution in [2.75, 3.05) is 0 Å². The first-order valence-electron chi connectivity index (χ1n) is 6.00. The number of imidazole rings is 1. The fourth-order valence-electron chi connectivity index (χ4n) is 1.76. The molecule has 2 aromatic rings. The molecule has 0 fully saturated rings. The molecule has 0 aromatic carbocycles. The van der Waals surface area contributed by atoms with Gasteiger partial charge in [-0.2, -0.15) is 0 Å². The second-order valence-corrected chi connectivity index (χ2v) is 3.96. The maximum atomic E-state index is 4.35. The zero-order valence-electron chi connectivity index (χ0n) is 10.1. The van der Waals surface area contributed by atoms with Crippen molar-refractivity contribution in [1.29, 1.82) is 0 Å². The van der Waals surface area contributed by atoms with E-state index in [-0.39, 0.29) is 0 Å². The van der Waals surface area contributed by atoms with Gasteiger partial charge in [-0.1, -0.05) is 13.0 Å². The number of aryl methyl sites for hydroxylation is 1. The Kier molecular flexibility index (Phi) is 4.27. The molecule has 2 rings (SSSR count). The smallest absolute Gasteiger partial charge is 0.122 e. The van der Waals surface area contributed by atoms with Crippen molar-refractivity contribution in [3.8, 4) is 0 Å². The summed E-state index contributed by atoms with van der Waals surface area (Å²) >= 11 is 0. The Morgan fingerprint density at radius 3 is 2.88 bits per heavy atom. The second kappa shape index (κ2) is 6.15. The van der Waals surface area contributed by atoms with Gasteiger partial charge in [0, 0.05) is 31.7 Å². The summed E-state index contributed by atoms with van der Waals surface area (Å²) < 4.78 is 2.19. The highest BCUT2D eigenvalue weighted by atomic mass is 15.1. The van der Waals surface area contributed by atoms with Gasteiger partial charge in [0.15, 0.2) is 0 Å². The number of hydrogen-bond acceptors (Lipinski definition) is 3. The number of pyridine rings is 1. The molecule has 0 saturated carbocycles. The highest BCUT2D eigenvalue weighted by molar-refractivity contribution is 5.03. The lowest BCUT2D eigenvalue weighted by Gasteiger charge is -2.07. The molecule has 0 aliphatic rings. The fraction of sp³-hybridized carbons (Fsp3) is 0.385. The Morgan fingerprint density at radius 2 is 2.12 bits per heavy atom. The van der Waals surface area contributed by atoms with Crippen molar-refractivity contribution in [3.63, 3.8) is 0 Å². The SMILES string of the molecule is CCCn1ccnc1CNCc1ccccn1. The van der Waals surface area contributed by atoms with Crippen LogP contribution in [0.5, 0.6) is 0 Å². The molecule has 4 nitrogen and oxygen atoms in total. The van der Waals surface area contributed by atoms with E-state index < -0.39 is 0 Å². The lowest BCUT2D eigenvalue weighted by molar-refractivity contribution is 0.585. The monoisotopic (exact) mass is 230 g/mol. The Morgan fingerprint density at radius 1 is 1.18 bits per heavy atom. The zero-order chi connectivity index (χ0) is 11.9. The third-order valence-corrected chi connectivity index (χ3v) is 2.58. The van der Waals surface area contributed by atoms with E-state index in [2.05, 4.69) is 26.8 Å². The molecule has 0 aliphatic carbocycles. The Bertz CT molecular complexity index is 436. The predicted octanol–water partition coefficient (Wildman–Crippen LogP) is 1.98. The van der Waals surface area contributed by atoms with Crippen LogP contribution in [-0.4, -0.2) is 14.5 Å². The number of nitrogens with zero attached hydrogens (tertiary/aromatic N) is 3. The summed E-state index contributed by atoms with van der Waals surface area (Å²) in [7, 11) is 0. The van der Waals surface area contributed by atoms with E-state index in [1.807, 2.05) is 36.8 Å². The van der Waals surface area contributed by atoms with Gasteiger partial charge in [-0.25, -0.2) is 4.98 Å². The van der Waals surface area contributed by atoms with Crippen molar-refractivity contribution in [2.24, 2.45) is 0 Å². The lowest BCUT2D eigenvalue weighted by atomic mass is 10.3. The predicted molar refractivity (Wildman–Crippen MR) is 67.3 cm³/mol. The summed E-state index contributed by atoms with van der Waals surface area (Å²) in [4.78, 5) is 8.61. The summed E-state index contributed by atoms with van der Waals surface area (Å²) in [6, 6.07) is 5.95. The molecule has 4 heteroatoms. The maximum Gasteiger partial charge on any atom is 0.122 e. The molecule has 0 radical (unpaired) electrons. The Balaban J connectivity index is 1.84.